The van der Waals surface area contributed by atoms with Crippen LogP contribution in [0.1, 0.15) is 11.3 Å². The molecule has 0 unspecified atom stereocenters. The molecule has 1 aliphatic heterocycles. The van der Waals surface area contributed by atoms with Gasteiger partial charge in [0.25, 0.3) is 5.69 Å². The van der Waals surface area contributed by atoms with Gasteiger partial charge in [-0.25, -0.2) is 15.0 Å². The van der Waals surface area contributed by atoms with Gasteiger partial charge in [-0.15, -0.1) is 0 Å². The van der Waals surface area contributed by atoms with Gasteiger partial charge in [-0.3, -0.25) is 10.1 Å². The molecule has 0 radical (unpaired) electrons. The van der Waals surface area contributed by atoms with E-state index in [2.05, 4.69) is 36.8 Å². The molecule has 9 nitrogen and oxygen atoms in total. The molecule has 1 fully saturated rings. The first-order valence-corrected chi connectivity index (χ1v) is 10.6. The topological polar surface area (TPSA) is 91.5 Å². The number of nitro groups is 1. The number of aryl methyl sites for hydroxylation is 1. The summed E-state index contributed by atoms with van der Waals surface area (Å²) in [7, 11) is 4.10. The Morgan fingerprint density at radius 3 is 2.34 bits per heavy atom. The minimum atomic E-state index is -0.402. The third kappa shape index (κ3) is 5.00. The molecule has 0 atom stereocenters. The lowest BCUT2D eigenvalue weighted by molar-refractivity contribution is -0.384. The SMILES string of the molecule is Cc1cc(N2CCN(c3ccc(CN(C)C)cn3)CC2)nc(-c2cccc([N+](=O)[O-])c2)n1. The maximum atomic E-state index is 11.1. The lowest BCUT2D eigenvalue weighted by Crippen LogP contribution is -2.47. The number of anilines is 2. The Bertz CT molecular complexity index is 1090. The first kappa shape index (κ1) is 21.6. The van der Waals surface area contributed by atoms with Gasteiger partial charge in [-0.2, -0.15) is 0 Å². The molecule has 1 aliphatic rings. The van der Waals surface area contributed by atoms with Crippen LogP contribution in [0.2, 0.25) is 0 Å². The fourth-order valence-electron chi connectivity index (χ4n) is 3.83. The van der Waals surface area contributed by atoms with E-state index >= 15 is 0 Å². The van der Waals surface area contributed by atoms with Crippen LogP contribution in [0.15, 0.2) is 48.7 Å². The summed E-state index contributed by atoms with van der Waals surface area (Å²) in [6, 6.07) is 12.6. The van der Waals surface area contributed by atoms with Crippen LogP contribution in [0.25, 0.3) is 11.4 Å². The average molecular weight is 434 g/mol. The van der Waals surface area contributed by atoms with E-state index in [-0.39, 0.29) is 5.69 Å². The van der Waals surface area contributed by atoms with E-state index in [9.17, 15) is 10.1 Å². The standard InChI is InChI=1S/C23H27N7O2/c1-17-13-22(26-23(25-17)19-5-4-6-20(14-19)30(31)32)29-11-9-28(10-12-29)21-8-7-18(15-24-21)16-27(2)3/h4-8,13-15H,9-12,16H2,1-3H3. The number of rotatable bonds is 6. The van der Waals surface area contributed by atoms with Crippen LogP contribution in [0.4, 0.5) is 17.3 Å². The fraction of sp³-hybridized carbons (Fsp3) is 0.348. The predicted molar refractivity (Wildman–Crippen MR) is 125 cm³/mol. The molecule has 1 aromatic carbocycles. The van der Waals surface area contributed by atoms with E-state index in [1.165, 1.54) is 17.7 Å². The molecule has 3 aromatic rings. The highest BCUT2D eigenvalue weighted by atomic mass is 16.6. The van der Waals surface area contributed by atoms with Crippen molar-refractivity contribution in [1.29, 1.82) is 0 Å². The second-order valence-corrected chi connectivity index (χ2v) is 8.24. The summed E-state index contributed by atoms with van der Waals surface area (Å²) in [6.07, 6.45) is 1.95. The van der Waals surface area contributed by atoms with Crippen molar-refractivity contribution >= 4 is 17.3 Å². The zero-order chi connectivity index (χ0) is 22.7. The molecule has 4 rings (SSSR count). The Hall–Kier alpha value is -3.59. The third-order valence-electron chi connectivity index (χ3n) is 5.39. The van der Waals surface area contributed by atoms with E-state index in [1.807, 2.05) is 33.3 Å². The molecule has 3 heterocycles. The second-order valence-electron chi connectivity index (χ2n) is 8.24. The van der Waals surface area contributed by atoms with Crippen molar-refractivity contribution in [3.8, 4) is 11.4 Å². The number of hydrogen-bond acceptors (Lipinski definition) is 8. The quantitative estimate of drug-likeness (QED) is 0.432. The highest BCUT2D eigenvalue weighted by Crippen LogP contribution is 2.25. The number of pyridine rings is 1. The molecule has 0 bridgehead atoms. The Balaban J connectivity index is 1.47. The zero-order valence-electron chi connectivity index (χ0n) is 18.6. The average Bonchev–Trinajstić information content (AvgIpc) is 2.79. The lowest BCUT2D eigenvalue weighted by Gasteiger charge is -2.36. The van der Waals surface area contributed by atoms with Crippen molar-refractivity contribution in [3.05, 3.63) is 70.0 Å². The highest BCUT2D eigenvalue weighted by Gasteiger charge is 2.20. The van der Waals surface area contributed by atoms with Crippen molar-refractivity contribution in [3.63, 3.8) is 0 Å². The highest BCUT2D eigenvalue weighted by molar-refractivity contribution is 5.61. The largest absolute Gasteiger partial charge is 0.353 e. The van der Waals surface area contributed by atoms with Gasteiger partial charge in [-0.05, 0) is 32.6 Å². The molecule has 166 valence electrons. The smallest absolute Gasteiger partial charge is 0.270 e. The molecular formula is C23H27N7O2. The van der Waals surface area contributed by atoms with E-state index in [4.69, 9.17) is 4.98 Å². The minimum Gasteiger partial charge on any atom is -0.353 e. The van der Waals surface area contributed by atoms with Crippen LogP contribution in [-0.2, 0) is 6.54 Å². The minimum absolute atomic E-state index is 0.0341. The summed E-state index contributed by atoms with van der Waals surface area (Å²) in [5.41, 5.74) is 2.70. The molecule has 1 saturated heterocycles. The van der Waals surface area contributed by atoms with Crippen LogP contribution in [0.3, 0.4) is 0 Å². The van der Waals surface area contributed by atoms with Gasteiger partial charge in [0.15, 0.2) is 5.82 Å². The normalized spacial score (nSPS) is 14.1. The number of nitro benzene ring substituents is 1. The Morgan fingerprint density at radius 2 is 1.72 bits per heavy atom. The van der Waals surface area contributed by atoms with Crippen molar-refractivity contribution in [2.75, 3.05) is 50.1 Å². The van der Waals surface area contributed by atoms with Crippen molar-refractivity contribution in [2.45, 2.75) is 13.5 Å². The molecular weight excluding hydrogens is 406 g/mol. The van der Waals surface area contributed by atoms with E-state index in [0.29, 0.717) is 11.4 Å². The summed E-state index contributed by atoms with van der Waals surface area (Å²) in [4.78, 5) is 31.2. The van der Waals surface area contributed by atoms with Crippen LogP contribution in [0, 0.1) is 17.0 Å². The van der Waals surface area contributed by atoms with Gasteiger partial charge < -0.3 is 14.7 Å². The summed E-state index contributed by atoms with van der Waals surface area (Å²) >= 11 is 0. The van der Waals surface area contributed by atoms with Crippen LogP contribution in [-0.4, -0.2) is 65.0 Å². The first-order chi connectivity index (χ1) is 15.4. The van der Waals surface area contributed by atoms with Gasteiger partial charge in [-0.1, -0.05) is 18.2 Å². The third-order valence-corrected chi connectivity index (χ3v) is 5.39. The molecule has 0 N–H and O–H groups in total. The number of non-ortho nitro benzene ring substituents is 1. The monoisotopic (exact) mass is 433 g/mol. The summed E-state index contributed by atoms with van der Waals surface area (Å²) in [6.45, 7) is 6.10. The molecule has 9 heteroatoms. The van der Waals surface area contributed by atoms with Gasteiger partial charge >= 0.3 is 0 Å². The van der Waals surface area contributed by atoms with Crippen LogP contribution in [0.5, 0.6) is 0 Å². The number of aromatic nitrogens is 3. The van der Waals surface area contributed by atoms with Gasteiger partial charge in [0.1, 0.15) is 11.6 Å². The van der Waals surface area contributed by atoms with Crippen molar-refractivity contribution in [2.24, 2.45) is 0 Å². The van der Waals surface area contributed by atoms with Crippen molar-refractivity contribution < 1.29 is 4.92 Å². The molecule has 0 saturated carbocycles. The maximum absolute atomic E-state index is 11.1. The Morgan fingerprint density at radius 1 is 1.00 bits per heavy atom. The van der Waals surface area contributed by atoms with Gasteiger partial charge in [0, 0.05) is 68.4 Å². The van der Waals surface area contributed by atoms with E-state index in [1.54, 1.807) is 12.1 Å². The van der Waals surface area contributed by atoms with Crippen LogP contribution < -0.4 is 9.80 Å². The predicted octanol–water partition coefficient (Wildman–Crippen LogP) is 3.14. The van der Waals surface area contributed by atoms with E-state index < -0.39 is 4.92 Å². The number of nitrogens with zero attached hydrogens (tertiary/aromatic N) is 7. The van der Waals surface area contributed by atoms with E-state index in [0.717, 1.165) is 50.1 Å². The molecule has 0 amide bonds. The second kappa shape index (κ2) is 9.27. The lowest BCUT2D eigenvalue weighted by atomic mass is 10.2. The summed E-state index contributed by atoms with van der Waals surface area (Å²) in [5, 5.41) is 11.1. The van der Waals surface area contributed by atoms with Crippen molar-refractivity contribution in [1.82, 2.24) is 19.9 Å². The van der Waals surface area contributed by atoms with Gasteiger partial charge in [0.05, 0.1) is 4.92 Å². The zero-order valence-corrected chi connectivity index (χ0v) is 18.6. The molecule has 2 aromatic heterocycles. The molecule has 32 heavy (non-hydrogen) atoms. The number of benzene rings is 1. The summed E-state index contributed by atoms with van der Waals surface area (Å²) < 4.78 is 0. The first-order valence-electron chi connectivity index (χ1n) is 10.6. The van der Waals surface area contributed by atoms with Gasteiger partial charge in [0.2, 0.25) is 0 Å². The number of hydrogen-bond donors (Lipinski definition) is 0. The molecule has 0 aliphatic carbocycles. The van der Waals surface area contributed by atoms with Crippen LogP contribution >= 0.6 is 0 Å². The molecule has 0 spiro atoms. The Kier molecular flexibility index (Phi) is 6.27. The Labute approximate surface area is 187 Å². The maximum Gasteiger partial charge on any atom is 0.270 e. The summed E-state index contributed by atoms with van der Waals surface area (Å²) in [5.74, 6) is 2.33. The fourth-order valence-corrected chi connectivity index (χ4v) is 3.83. The number of piperazine rings is 1.